The minimum atomic E-state index is -1.04. The third-order valence-electron chi connectivity index (χ3n) is 7.09. The molecular formula is C31H31N3O7. The van der Waals surface area contributed by atoms with Crippen molar-refractivity contribution in [2.45, 2.75) is 17.9 Å². The molecule has 1 aliphatic rings. The van der Waals surface area contributed by atoms with Crippen molar-refractivity contribution in [3.63, 3.8) is 0 Å². The number of aliphatic carboxylic acids is 1. The van der Waals surface area contributed by atoms with Gasteiger partial charge in [-0.05, 0) is 28.8 Å². The third-order valence-corrected chi connectivity index (χ3v) is 7.09. The van der Waals surface area contributed by atoms with Gasteiger partial charge in [-0.2, -0.15) is 0 Å². The van der Waals surface area contributed by atoms with E-state index in [1.54, 1.807) is 12.0 Å². The second-order valence-electron chi connectivity index (χ2n) is 9.77. The summed E-state index contributed by atoms with van der Waals surface area (Å²) in [6.07, 6.45) is -0.0780. The van der Waals surface area contributed by atoms with Gasteiger partial charge in [0.05, 0.1) is 26.4 Å². The summed E-state index contributed by atoms with van der Waals surface area (Å²) in [7, 11) is 1.61. The number of carboxylic acids is 1. The number of rotatable bonds is 10. The molecule has 212 valence electrons. The van der Waals surface area contributed by atoms with Gasteiger partial charge in [-0.15, -0.1) is 0 Å². The van der Waals surface area contributed by atoms with E-state index >= 15 is 0 Å². The van der Waals surface area contributed by atoms with Crippen molar-refractivity contribution in [3.8, 4) is 5.75 Å². The highest BCUT2D eigenvalue weighted by Crippen LogP contribution is 2.41. The smallest absolute Gasteiger partial charge is 0.330 e. The summed E-state index contributed by atoms with van der Waals surface area (Å²) >= 11 is 0. The average molecular weight is 558 g/mol. The maximum absolute atomic E-state index is 12.6. The Balaban J connectivity index is 1.54. The van der Waals surface area contributed by atoms with Gasteiger partial charge in [0.15, 0.2) is 6.23 Å². The average Bonchev–Trinajstić information content (AvgIpc) is 2.98. The molecule has 1 fully saturated rings. The lowest BCUT2D eigenvalue weighted by Crippen LogP contribution is -2.51. The van der Waals surface area contributed by atoms with Gasteiger partial charge in [0.25, 0.3) is 5.56 Å². The Kier molecular flexibility index (Phi) is 8.44. The first-order valence-corrected chi connectivity index (χ1v) is 13.2. The summed E-state index contributed by atoms with van der Waals surface area (Å²) in [5, 5.41) is 9.51. The van der Waals surface area contributed by atoms with Gasteiger partial charge in [-0.3, -0.25) is 24.0 Å². The quantitative estimate of drug-likeness (QED) is 0.286. The van der Waals surface area contributed by atoms with E-state index < -0.39 is 35.2 Å². The van der Waals surface area contributed by atoms with Crippen molar-refractivity contribution in [2.24, 2.45) is 0 Å². The van der Waals surface area contributed by atoms with E-state index in [0.29, 0.717) is 5.75 Å². The molecule has 2 N–H and O–H groups in total. The monoisotopic (exact) mass is 557 g/mol. The van der Waals surface area contributed by atoms with Crippen LogP contribution in [0.15, 0.2) is 107 Å². The van der Waals surface area contributed by atoms with Gasteiger partial charge in [0, 0.05) is 25.4 Å². The van der Waals surface area contributed by atoms with Crippen molar-refractivity contribution in [3.05, 3.63) is 135 Å². The number of morpholine rings is 1. The number of carbonyl (C=O) groups is 1. The number of carboxylic acid groups (broad SMARTS) is 1. The first-order chi connectivity index (χ1) is 19.9. The molecule has 0 saturated carbocycles. The number of H-pyrrole nitrogens is 1. The predicted octanol–water partition coefficient (Wildman–Crippen LogP) is 2.84. The number of nitrogens with one attached hydrogen (secondary N) is 1. The minimum absolute atomic E-state index is 0.0700. The van der Waals surface area contributed by atoms with Crippen molar-refractivity contribution in [1.29, 1.82) is 0 Å². The number of methoxy groups -OCH3 is 1. The predicted molar refractivity (Wildman–Crippen MR) is 151 cm³/mol. The van der Waals surface area contributed by atoms with Crippen LogP contribution < -0.4 is 16.0 Å². The zero-order chi connectivity index (χ0) is 28.8. The van der Waals surface area contributed by atoms with Crippen LogP contribution in [0.2, 0.25) is 0 Å². The van der Waals surface area contributed by atoms with E-state index in [1.165, 1.54) is 16.8 Å². The zero-order valence-corrected chi connectivity index (χ0v) is 22.5. The van der Waals surface area contributed by atoms with Crippen LogP contribution in [0.25, 0.3) is 0 Å². The van der Waals surface area contributed by atoms with Crippen LogP contribution in [0.4, 0.5) is 0 Å². The Bertz CT molecular complexity index is 1530. The molecule has 0 spiro atoms. The Hall–Kier alpha value is -4.51. The standard InChI is InChI=1S/C31H31N3O7/c1-39-25-14-12-24(13-15-25)31(22-8-4-2-5-9-22,23-10-6-3-7-11-23)40-21-26-18-33(20-29(36)37)19-28(41-26)34-17-16-27(35)32-30(34)38/h2-17,26,28H,18-21H2,1H3,(H,36,37)(H,32,35,38). The topological polar surface area (TPSA) is 123 Å². The van der Waals surface area contributed by atoms with E-state index in [1.807, 2.05) is 84.9 Å². The molecule has 1 saturated heterocycles. The van der Waals surface area contributed by atoms with Gasteiger partial charge in [-0.25, -0.2) is 4.79 Å². The maximum Gasteiger partial charge on any atom is 0.330 e. The molecule has 2 atom stereocenters. The van der Waals surface area contributed by atoms with E-state index in [-0.39, 0.29) is 26.2 Å². The molecule has 0 aliphatic carbocycles. The van der Waals surface area contributed by atoms with Crippen LogP contribution in [-0.2, 0) is 19.9 Å². The molecule has 2 heterocycles. The normalized spacial score (nSPS) is 17.7. The highest BCUT2D eigenvalue weighted by atomic mass is 16.6. The highest BCUT2D eigenvalue weighted by molar-refractivity contribution is 5.69. The number of hydrogen-bond donors (Lipinski definition) is 2. The number of ether oxygens (including phenoxy) is 3. The van der Waals surface area contributed by atoms with Crippen molar-refractivity contribution in [1.82, 2.24) is 14.5 Å². The number of benzene rings is 3. The van der Waals surface area contributed by atoms with E-state index in [9.17, 15) is 19.5 Å². The summed E-state index contributed by atoms with van der Waals surface area (Å²) in [5.74, 6) is -0.293. The first kappa shape index (κ1) is 28.0. The number of aromatic amines is 1. The molecule has 1 aromatic heterocycles. The van der Waals surface area contributed by atoms with Crippen molar-refractivity contribution < 1.29 is 24.1 Å². The molecule has 3 aromatic carbocycles. The first-order valence-electron chi connectivity index (χ1n) is 13.2. The van der Waals surface area contributed by atoms with Gasteiger partial charge in [0.2, 0.25) is 0 Å². The van der Waals surface area contributed by atoms with Crippen LogP contribution in [0, 0.1) is 0 Å². The second-order valence-corrected chi connectivity index (χ2v) is 9.77. The number of aromatic nitrogens is 2. The zero-order valence-electron chi connectivity index (χ0n) is 22.5. The molecule has 10 heteroatoms. The van der Waals surface area contributed by atoms with Crippen LogP contribution in [0.1, 0.15) is 22.9 Å². The van der Waals surface area contributed by atoms with Crippen LogP contribution in [0.5, 0.6) is 5.75 Å². The van der Waals surface area contributed by atoms with Crippen molar-refractivity contribution in [2.75, 3.05) is 33.4 Å². The van der Waals surface area contributed by atoms with E-state index in [0.717, 1.165) is 16.7 Å². The van der Waals surface area contributed by atoms with Gasteiger partial charge < -0.3 is 19.3 Å². The second kappa shape index (κ2) is 12.3. The summed E-state index contributed by atoms with van der Waals surface area (Å²) in [6.45, 7) is 0.245. The molecule has 0 amide bonds. The van der Waals surface area contributed by atoms with E-state index in [4.69, 9.17) is 14.2 Å². The Morgan fingerprint density at radius 3 is 2.10 bits per heavy atom. The fraction of sp³-hybridized carbons (Fsp3) is 0.258. The number of hydrogen-bond acceptors (Lipinski definition) is 7. The Morgan fingerprint density at radius 2 is 1.54 bits per heavy atom. The molecule has 0 radical (unpaired) electrons. The summed E-state index contributed by atoms with van der Waals surface area (Å²) in [4.78, 5) is 39.7. The lowest BCUT2D eigenvalue weighted by atomic mass is 9.80. The summed E-state index contributed by atoms with van der Waals surface area (Å²) in [6, 6.07) is 28.6. The van der Waals surface area contributed by atoms with Crippen LogP contribution in [-0.4, -0.2) is 65.0 Å². The largest absolute Gasteiger partial charge is 0.497 e. The SMILES string of the molecule is COc1ccc(C(OCC2CN(CC(=O)O)CC(n3ccc(=O)[nH]c3=O)O2)(c2ccccc2)c2ccccc2)cc1. The maximum atomic E-state index is 12.6. The Morgan fingerprint density at radius 1 is 0.927 bits per heavy atom. The Labute approximate surface area is 236 Å². The summed E-state index contributed by atoms with van der Waals surface area (Å²) in [5.41, 5.74) is 0.436. The molecule has 41 heavy (non-hydrogen) atoms. The van der Waals surface area contributed by atoms with Gasteiger partial charge >= 0.3 is 11.7 Å². The third kappa shape index (κ3) is 6.14. The fourth-order valence-corrected chi connectivity index (χ4v) is 5.25. The highest BCUT2D eigenvalue weighted by Gasteiger charge is 2.40. The van der Waals surface area contributed by atoms with Crippen molar-refractivity contribution >= 4 is 5.97 Å². The fourth-order valence-electron chi connectivity index (χ4n) is 5.25. The van der Waals surface area contributed by atoms with Gasteiger partial charge in [-0.1, -0.05) is 72.8 Å². The number of nitrogens with zero attached hydrogens (tertiary/aromatic N) is 2. The molecule has 10 nitrogen and oxygen atoms in total. The molecule has 2 unspecified atom stereocenters. The van der Waals surface area contributed by atoms with Gasteiger partial charge in [0.1, 0.15) is 11.4 Å². The van der Waals surface area contributed by atoms with Crippen LogP contribution >= 0.6 is 0 Å². The molecule has 4 aromatic rings. The molecule has 5 rings (SSSR count). The lowest BCUT2D eigenvalue weighted by Gasteiger charge is -2.41. The van der Waals surface area contributed by atoms with E-state index in [2.05, 4.69) is 4.98 Å². The van der Waals surface area contributed by atoms with Crippen LogP contribution in [0.3, 0.4) is 0 Å². The minimum Gasteiger partial charge on any atom is -0.497 e. The molecule has 1 aliphatic heterocycles. The molecule has 0 bridgehead atoms. The molecular weight excluding hydrogens is 526 g/mol. The summed E-state index contributed by atoms with van der Waals surface area (Å²) < 4.78 is 19.9. The lowest BCUT2D eigenvalue weighted by molar-refractivity contribution is -0.164.